The fourth-order valence-electron chi connectivity index (χ4n) is 2.68. The Hall–Kier alpha value is -0.570. The molecule has 1 unspecified atom stereocenters. The van der Waals surface area contributed by atoms with Gasteiger partial charge in [-0.15, -0.1) is 0 Å². The number of nitrogens with one attached hydrogen (secondary N) is 2. The van der Waals surface area contributed by atoms with Gasteiger partial charge in [-0.3, -0.25) is 4.79 Å². The van der Waals surface area contributed by atoms with Gasteiger partial charge in [0.15, 0.2) is 0 Å². The maximum Gasteiger partial charge on any atom is 0.216 e. The van der Waals surface area contributed by atoms with Crippen LogP contribution in [0.5, 0.6) is 0 Å². The molecular weight excluding hydrogens is 200 g/mol. The second kappa shape index (κ2) is 7.66. The Morgan fingerprint density at radius 3 is 2.50 bits per heavy atom. The highest BCUT2D eigenvalue weighted by Gasteiger charge is 2.21. The van der Waals surface area contributed by atoms with Crippen LogP contribution < -0.4 is 10.6 Å². The van der Waals surface area contributed by atoms with Gasteiger partial charge in [-0.1, -0.05) is 26.2 Å². The molecule has 3 nitrogen and oxygen atoms in total. The van der Waals surface area contributed by atoms with Gasteiger partial charge in [-0.25, -0.2) is 0 Å². The van der Waals surface area contributed by atoms with Gasteiger partial charge < -0.3 is 10.6 Å². The number of carbonyl (C=O) groups excluding carboxylic acids is 1. The first kappa shape index (κ1) is 13.5. The minimum absolute atomic E-state index is 0.0625. The topological polar surface area (TPSA) is 41.1 Å². The van der Waals surface area contributed by atoms with E-state index in [4.69, 9.17) is 0 Å². The Morgan fingerprint density at radius 1 is 1.25 bits per heavy atom. The number of rotatable bonds is 6. The van der Waals surface area contributed by atoms with Crippen molar-refractivity contribution >= 4 is 5.91 Å². The lowest BCUT2D eigenvalue weighted by atomic mass is 9.83. The van der Waals surface area contributed by atoms with Crippen LogP contribution in [-0.2, 0) is 4.79 Å². The van der Waals surface area contributed by atoms with Crippen molar-refractivity contribution < 1.29 is 4.79 Å². The molecule has 1 aliphatic carbocycles. The number of amides is 1. The quantitative estimate of drug-likeness (QED) is 0.681. The van der Waals surface area contributed by atoms with Crippen molar-refractivity contribution in [1.82, 2.24) is 10.6 Å². The van der Waals surface area contributed by atoms with Crippen LogP contribution in [0.1, 0.15) is 52.4 Å². The van der Waals surface area contributed by atoms with Crippen molar-refractivity contribution in [3.8, 4) is 0 Å². The first-order valence-electron chi connectivity index (χ1n) is 6.72. The summed E-state index contributed by atoms with van der Waals surface area (Å²) >= 11 is 0. The summed E-state index contributed by atoms with van der Waals surface area (Å²) in [7, 11) is 0. The van der Waals surface area contributed by atoms with E-state index in [0.717, 1.165) is 19.0 Å². The molecule has 1 aliphatic rings. The second-order valence-corrected chi connectivity index (χ2v) is 4.85. The lowest BCUT2D eigenvalue weighted by molar-refractivity contribution is -0.118. The molecule has 3 heteroatoms. The Morgan fingerprint density at radius 2 is 1.94 bits per heavy atom. The Bertz CT molecular complexity index is 200. The average Bonchev–Trinajstić information content (AvgIpc) is 2.30. The summed E-state index contributed by atoms with van der Waals surface area (Å²) in [6.45, 7) is 5.47. The summed E-state index contributed by atoms with van der Waals surface area (Å²) in [4.78, 5) is 10.7. The second-order valence-electron chi connectivity index (χ2n) is 4.85. The molecule has 0 aromatic carbocycles. The van der Waals surface area contributed by atoms with Crippen LogP contribution >= 0.6 is 0 Å². The molecule has 0 heterocycles. The zero-order chi connectivity index (χ0) is 11.8. The fraction of sp³-hybridized carbons (Fsp3) is 0.923. The molecule has 1 saturated carbocycles. The fourth-order valence-corrected chi connectivity index (χ4v) is 2.68. The van der Waals surface area contributed by atoms with Crippen LogP contribution in [0.15, 0.2) is 0 Å². The highest BCUT2D eigenvalue weighted by Crippen LogP contribution is 2.27. The van der Waals surface area contributed by atoms with Crippen LogP contribution in [0.25, 0.3) is 0 Å². The Balaban J connectivity index is 2.17. The summed E-state index contributed by atoms with van der Waals surface area (Å²) < 4.78 is 0. The largest absolute Gasteiger partial charge is 0.355 e. The molecule has 0 bridgehead atoms. The number of hydrogen-bond acceptors (Lipinski definition) is 2. The predicted octanol–water partition coefficient (Wildman–Crippen LogP) is 2.07. The molecule has 94 valence electrons. The van der Waals surface area contributed by atoms with Crippen LogP contribution in [0, 0.1) is 5.92 Å². The van der Waals surface area contributed by atoms with Gasteiger partial charge >= 0.3 is 0 Å². The molecule has 0 saturated heterocycles. The third-order valence-corrected chi connectivity index (χ3v) is 3.56. The maximum atomic E-state index is 10.7. The minimum atomic E-state index is 0.0625. The molecule has 1 amide bonds. The molecule has 16 heavy (non-hydrogen) atoms. The SMILES string of the molecule is CCC(NCCNC(C)=O)C1CCCCC1. The molecule has 1 fully saturated rings. The predicted molar refractivity (Wildman–Crippen MR) is 67.3 cm³/mol. The third-order valence-electron chi connectivity index (χ3n) is 3.56. The van der Waals surface area contributed by atoms with Crippen molar-refractivity contribution in [3.05, 3.63) is 0 Å². The summed E-state index contributed by atoms with van der Waals surface area (Å²) in [6, 6.07) is 0.647. The van der Waals surface area contributed by atoms with Crippen molar-refractivity contribution in [3.63, 3.8) is 0 Å². The molecule has 2 N–H and O–H groups in total. The third kappa shape index (κ3) is 4.97. The summed E-state index contributed by atoms with van der Waals surface area (Å²) in [5.74, 6) is 0.920. The molecule has 0 aromatic heterocycles. The van der Waals surface area contributed by atoms with Crippen LogP contribution in [0.4, 0.5) is 0 Å². The zero-order valence-corrected chi connectivity index (χ0v) is 10.7. The molecule has 1 rings (SSSR count). The number of hydrogen-bond donors (Lipinski definition) is 2. The van der Waals surface area contributed by atoms with Gasteiger partial charge in [-0.05, 0) is 25.2 Å². The standard InChI is InChI=1S/C13H26N2O/c1-3-13(12-7-5-4-6-8-12)15-10-9-14-11(2)16/h12-13,15H,3-10H2,1-2H3,(H,14,16). The van der Waals surface area contributed by atoms with Crippen molar-refractivity contribution in [2.24, 2.45) is 5.92 Å². The Labute approximate surface area is 99.4 Å². The first-order valence-corrected chi connectivity index (χ1v) is 6.72. The molecule has 0 aromatic rings. The minimum Gasteiger partial charge on any atom is -0.355 e. The van der Waals surface area contributed by atoms with Gasteiger partial charge in [0.2, 0.25) is 5.91 Å². The Kier molecular flexibility index (Phi) is 6.46. The molecular formula is C13H26N2O. The highest BCUT2D eigenvalue weighted by atomic mass is 16.1. The van der Waals surface area contributed by atoms with Gasteiger partial charge in [0.1, 0.15) is 0 Å². The smallest absolute Gasteiger partial charge is 0.216 e. The normalized spacial score (nSPS) is 19.4. The molecule has 0 aliphatic heterocycles. The van der Waals surface area contributed by atoms with Gasteiger partial charge in [0.25, 0.3) is 0 Å². The van der Waals surface area contributed by atoms with E-state index in [1.54, 1.807) is 6.92 Å². The highest BCUT2D eigenvalue weighted by molar-refractivity contribution is 5.72. The van der Waals surface area contributed by atoms with E-state index in [0.29, 0.717) is 6.04 Å². The summed E-state index contributed by atoms with van der Waals surface area (Å²) in [6.07, 6.45) is 8.17. The van der Waals surface area contributed by atoms with E-state index in [1.807, 2.05) is 0 Å². The van der Waals surface area contributed by atoms with Gasteiger partial charge in [-0.2, -0.15) is 0 Å². The molecule has 0 spiro atoms. The average molecular weight is 226 g/mol. The monoisotopic (exact) mass is 226 g/mol. The van der Waals surface area contributed by atoms with Crippen LogP contribution in [0.3, 0.4) is 0 Å². The van der Waals surface area contributed by atoms with E-state index in [-0.39, 0.29) is 5.91 Å². The van der Waals surface area contributed by atoms with E-state index < -0.39 is 0 Å². The molecule has 0 radical (unpaired) electrons. The first-order chi connectivity index (χ1) is 7.74. The van der Waals surface area contributed by atoms with Crippen LogP contribution in [-0.4, -0.2) is 25.0 Å². The van der Waals surface area contributed by atoms with Crippen molar-refractivity contribution in [2.45, 2.75) is 58.4 Å². The van der Waals surface area contributed by atoms with Crippen LogP contribution in [0.2, 0.25) is 0 Å². The van der Waals surface area contributed by atoms with E-state index in [2.05, 4.69) is 17.6 Å². The lowest BCUT2D eigenvalue weighted by Crippen LogP contribution is -2.40. The van der Waals surface area contributed by atoms with Crippen molar-refractivity contribution in [2.75, 3.05) is 13.1 Å². The van der Waals surface area contributed by atoms with E-state index >= 15 is 0 Å². The lowest BCUT2D eigenvalue weighted by Gasteiger charge is -2.30. The number of carbonyl (C=O) groups is 1. The van der Waals surface area contributed by atoms with E-state index in [9.17, 15) is 4.79 Å². The maximum absolute atomic E-state index is 10.7. The van der Waals surface area contributed by atoms with Crippen molar-refractivity contribution in [1.29, 1.82) is 0 Å². The van der Waals surface area contributed by atoms with Gasteiger partial charge in [0, 0.05) is 26.1 Å². The van der Waals surface area contributed by atoms with Gasteiger partial charge in [0.05, 0.1) is 0 Å². The van der Waals surface area contributed by atoms with E-state index in [1.165, 1.54) is 38.5 Å². The summed E-state index contributed by atoms with van der Waals surface area (Å²) in [5, 5.41) is 6.41. The molecule has 1 atom stereocenters. The summed E-state index contributed by atoms with van der Waals surface area (Å²) in [5.41, 5.74) is 0. The zero-order valence-electron chi connectivity index (χ0n) is 10.7.